The van der Waals surface area contributed by atoms with E-state index in [0.717, 1.165) is 16.5 Å². The Labute approximate surface area is 164 Å². The quantitative estimate of drug-likeness (QED) is 0.661. The van der Waals surface area contributed by atoms with Crippen LogP contribution >= 0.6 is 0 Å². The predicted octanol–water partition coefficient (Wildman–Crippen LogP) is 4.05. The molecule has 0 radical (unpaired) electrons. The third-order valence-electron chi connectivity index (χ3n) is 3.89. The smallest absolute Gasteiger partial charge is 0.256 e. The van der Waals surface area contributed by atoms with Crippen LogP contribution in [-0.4, -0.2) is 19.3 Å². The average Bonchev–Trinajstić information content (AvgIpc) is 2.69. The molecule has 3 rings (SSSR count). The topological polar surface area (TPSA) is 88.2 Å². The second-order valence-corrected chi connectivity index (χ2v) is 7.63. The minimum Gasteiger partial charge on any atom is -0.306 e. The van der Waals surface area contributed by atoms with Gasteiger partial charge in [-0.1, -0.05) is 36.4 Å². The highest BCUT2D eigenvalue weighted by Gasteiger charge is 2.10. The maximum Gasteiger partial charge on any atom is 0.256 e. The number of anilines is 2. The number of nitrogens with zero attached hydrogens (tertiary/aromatic N) is 1. The van der Waals surface area contributed by atoms with Crippen molar-refractivity contribution in [3.8, 4) is 0 Å². The predicted molar refractivity (Wildman–Crippen MR) is 111 cm³/mol. The molecule has 1 amide bonds. The number of benzene rings is 2. The first-order valence-electron chi connectivity index (χ1n) is 8.52. The highest BCUT2D eigenvalue weighted by Crippen LogP contribution is 2.15. The highest BCUT2D eigenvalue weighted by molar-refractivity contribution is 7.95. The second-order valence-electron chi connectivity index (χ2n) is 6.06. The lowest BCUT2D eigenvalue weighted by Gasteiger charge is -2.08. The normalized spacial score (nSPS) is 11.3. The number of pyridine rings is 1. The van der Waals surface area contributed by atoms with Crippen molar-refractivity contribution in [3.05, 3.63) is 95.0 Å². The van der Waals surface area contributed by atoms with E-state index in [2.05, 4.69) is 15.0 Å². The van der Waals surface area contributed by atoms with Crippen LogP contribution in [0.1, 0.15) is 21.5 Å². The van der Waals surface area contributed by atoms with Crippen molar-refractivity contribution < 1.29 is 13.2 Å². The molecule has 1 aromatic heterocycles. The number of aryl methyl sites for hydroxylation is 1. The zero-order valence-electron chi connectivity index (χ0n) is 15.2. The van der Waals surface area contributed by atoms with E-state index in [0.29, 0.717) is 17.1 Å². The molecule has 0 aliphatic heterocycles. The van der Waals surface area contributed by atoms with Gasteiger partial charge in [0.15, 0.2) is 0 Å². The fraction of sp³-hybridized carbons (Fsp3) is 0.0476. The molecule has 0 bridgehead atoms. The van der Waals surface area contributed by atoms with E-state index >= 15 is 0 Å². The number of hydrogen-bond donors (Lipinski definition) is 2. The molecule has 0 aliphatic rings. The van der Waals surface area contributed by atoms with Crippen LogP contribution in [0, 0.1) is 6.92 Å². The summed E-state index contributed by atoms with van der Waals surface area (Å²) in [5.41, 5.74) is 2.39. The third kappa shape index (κ3) is 5.28. The van der Waals surface area contributed by atoms with E-state index in [4.69, 9.17) is 0 Å². The van der Waals surface area contributed by atoms with E-state index in [1.807, 2.05) is 43.3 Å². The zero-order chi connectivity index (χ0) is 20.0. The Morgan fingerprint density at radius 2 is 1.68 bits per heavy atom. The molecule has 142 valence electrons. The van der Waals surface area contributed by atoms with Gasteiger partial charge in [-0.2, -0.15) is 0 Å². The Bertz CT molecular complexity index is 1090. The lowest BCUT2D eigenvalue weighted by Crippen LogP contribution is -2.14. The first kappa shape index (κ1) is 19.3. The van der Waals surface area contributed by atoms with Gasteiger partial charge in [-0.15, -0.1) is 0 Å². The van der Waals surface area contributed by atoms with Crippen LogP contribution in [0.3, 0.4) is 0 Å². The minimum absolute atomic E-state index is 0.319. The van der Waals surface area contributed by atoms with Crippen molar-refractivity contribution in [2.45, 2.75) is 6.92 Å². The largest absolute Gasteiger partial charge is 0.306 e. The van der Waals surface area contributed by atoms with Gasteiger partial charge in [-0.3, -0.25) is 9.52 Å². The van der Waals surface area contributed by atoms with E-state index in [-0.39, 0.29) is 5.91 Å². The average molecular weight is 393 g/mol. The third-order valence-corrected chi connectivity index (χ3v) is 4.90. The first-order valence-corrected chi connectivity index (χ1v) is 10.1. The molecule has 7 heteroatoms. The number of rotatable bonds is 6. The molecule has 28 heavy (non-hydrogen) atoms. The summed E-state index contributed by atoms with van der Waals surface area (Å²) in [6.45, 7) is 1.85. The summed E-state index contributed by atoms with van der Waals surface area (Å²) in [7, 11) is -3.66. The van der Waals surface area contributed by atoms with Crippen molar-refractivity contribution >= 4 is 33.5 Å². The molecule has 0 unspecified atom stereocenters. The van der Waals surface area contributed by atoms with Gasteiger partial charge >= 0.3 is 0 Å². The summed E-state index contributed by atoms with van der Waals surface area (Å²) < 4.78 is 26.8. The first-order chi connectivity index (χ1) is 13.4. The summed E-state index contributed by atoms with van der Waals surface area (Å²) in [5.74, 6) is 0.170. The van der Waals surface area contributed by atoms with Gasteiger partial charge in [0.1, 0.15) is 5.82 Å². The molecule has 0 spiro atoms. The molecule has 0 fully saturated rings. The van der Waals surface area contributed by atoms with Gasteiger partial charge in [0.05, 0.1) is 5.41 Å². The van der Waals surface area contributed by atoms with Crippen molar-refractivity contribution in [3.63, 3.8) is 0 Å². The van der Waals surface area contributed by atoms with E-state index < -0.39 is 10.0 Å². The molecular formula is C21H19N3O3S. The molecule has 3 aromatic rings. The van der Waals surface area contributed by atoms with E-state index in [1.165, 1.54) is 18.2 Å². The summed E-state index contributed by atoms with van der Waals surface area (Å²) in [6.07, 6.45) is 3.11. The lowest BCUT2D eigenvalue weighted by atomic mass is 10.2. The van der Waals surface area contributed by atoms with Crippen LogP contribution in [0.15, 0.2) is 78.3 Å². The fourth-order valence-corrected chi connectivity index (χ4v) is 3.29. The highest BCUT2D eigenvalue weighted by atomic mass is 32.2. The minimum atomic E-state index is -3.66. The fourth-order valence-electron chi connectivity index (χ4n) is 2.42. The molecular weight excluding hydrogens is 374 g/mol. The Morgan fingerprint density at radius 1 is 0.964 bits per heavy atom. The van der Waals surface area contributed by atoms with Gasteiger partial charge in [-0.25, -0.2) is 13.4 Å². The maximum absolute atomic E-state index is 12.3. The molecule has 0 aliphatic carbocycles. The molecule has 2 aromatic carbocycles. The molecule has 6 nitrogen and oxygen atoms in total. The number of sulfonamides is 1. The Kier molecular flexibility index (Phi) is 5.86. The SMILES string of the molecule is Cc1cccnc1NC(=O)c1ccc(NS(=O)(=O)C=Cc2ccccc2)cc1. The van der Waals surface area contributed by atoms with Gasteiger partial charge in [0.2, 0.25) is 0 Å². The number of amides is 1. The number of carbonyl (C=O) groups is 1. The maximum atomic E-state index is 12.3. The zero-order valence-corrected chi connectivity index (χ0v) is 16.0. The molecule has 1 heterocycles. The summed E-state index contributed by atoms with van der Waals surface area (Å²) in [6, 6.07) is 18.9. The van der Waals surface area contributed by atoms with Gasteiger partial charge < -0.3 is 5.32 Å². The van der Waals surface area contributed by atoms with Crippen LogP contribution in [0.25, 0.3) is 6.08 Å². The Balaban J connectivity index is 1.66. The Morgan fingerprint density at radius 3 is 2.36 bits per heavy atom. The lowest BCUT2D eigenvalue weighted by molar-refractivity contribution is 0.102. The van der Waals surface area contributed by atoms with Crippen LogP contribution in [0.2, 0.25) is 0 Å². The van der Waals surface area contributed by atoms with Gasteiger partial charge in [-0.05, 0) is 54.5 Å². The van der Waals surface area contributed by atoms with Crippen LogP contribution in [0.5, 0.6) is 0 Å². The number of nitrogens with one attached hydrogen (secondary N) is 2. The van der Waals surface area contributed by atoms with Crippen molar-refractivity contribution in [2.24, 2.45) is 0 Å². The molecule has 0 saturated carbocycles. The summed E-state index contributed by atoms with van der Waals surface area (Å²) in [5, 5.41) is 3.84. The van der Waals surface area contributed by atoms with Crippen LogP contribution in [0.4, 0.5) is 11.5 Å². The Hall–Kier alpha value is -3.45. The van der Waals surface area contributed by atoms with Gasteiger partial charge in [0, 0.05) is 17.4 Å². The van der Waals surface area contributed by atoms with E-state index in [9.17, 15) is 13.2 Å². The monoisotopic (exact) mass is 393 g/mol. The molecule has 0 saturated heterocycles. The van der Waals surface area contributed by atoms with Crippen molar-refractivity contribution in [2.75, 3.05) is 10.0 Å². The molecule has 0 atom stereocenters. The molecule has 2 N–H and O–H groups in total. The summed E-state index contributed by atoms with van der Waals surface area (Å²) in [4.78, 5) is 16.4. The van der Waals surface area contributed by atoms with Crippen LogP contribution in [-0.2, 0) is 10.0 Å². The van der Waals surface area contributed by atoms with Crippen molar-refractivity contribution in [1.29, 1.82) is 0 Å². The number of carbonyl (C=O) groups excluding carboxylic acids is 1. The standard InChI is InChI=1S/C21H19N3O3S/c1-16-6-5-14-22-20(16)23-21(25)18-9-11-19(12-10-18)24-28(26,27)15-13-17-7-3-2-4-8-17/h2-15,24H,1H3,(H,22,23,25). The second kappa shape index (κ2) is 8.49. The summed E-state index contributed by atoms with van der Waals surface area (Å²) >= 11 is 0. The van der Waals surface area contributed by atoms with Crippen LogP contribution < -0.4 is 10.0 Å². The van der Waals surface area contributed by atoms with Gasteiger partial charge in [0.25, 0.3) is 15.9 Å². The van der Waals surface area contributed by atoms with Crippen molar-refractivity contribution in [1.82, 2.24) is 4.98 Å². The number of hydrogen-bond acceptors (Lipinski definition) is 4. The van der Waals surface area contributed by atoms with E-state index in [1.54, 1.807) is 24.4 Å². The number of aromatic nitrogens is 1.